The second-order valence-electron chi connectivity index (χ2n) is 7.75. The van der Waals surface area contributed by atoms with Crippen LogP contribution < -0.4 is 10.1 Å². The van der Waals surface area contributed by atoms with Crippen LogP contribution >= 0.6 is 0 Å². The highest BCUT2D eigenvalue weighted by molar-refractivity contribution is 5.97. The molecule has 1 N–H and O–H groups in total. The Kier molecular flexibility index (Phi) is 6.51. The fourth-order valence-electron chi connectivity index (χ4n) is 3.64. The number of ether oxygens (including phenoxy) is 1. The first kappa shape index (κ1) is 21.6. The van der Waals surface area contributed by atoms with Gasteiger partial charge in [-0.05, 0) is 24.7 Å². The molecule has 4 rings (SSSR count). The number of rotatable bonds is 6. The summed E-state index contributed by atoms with van der Waals surface area (Å²) in [5.74, 6) is 0.510. The van der Waals surface area contributed by atoms with Gasteiger partial charge in [0.15, 0.2) is 11.5 Å². The summed E-state index contributed by atoms with van der Waals surface area (Å²) >= 11 is 0. The van der Waals surface area contributed by atoms with Gasteiger partial charge < -0.3 is 24.4 Å². The average Bonchev–Trinajstić information content (AvgIpc) is 3.34. The van der Waals surface area contributed by atoms with Gasteiger partial charge in [-0.25, -0.2) is 0 Å². The molecule has 0 saturated carbocycles. The second-order valence-corrected chi connectivity index (χ2v) is 7.75. The Labute approximate surface area is 186 Å². The Morgan fingerprint density at radius 3 is 2.50 bits per heavy atom. The predicted molar refractivity (Wildman–Crippen MR) is 119 cm³/mol. The molecular weight excluding hydrogens is 408 g/mol. The molecule has 2 amide bonds. The lowest BCUT2D eigenvalue weighted by molar-refractivity contribution is -0.135. The standard InChI is InChI=1S/C24H26N4O4/c1-27-11-13-28(14-12-27)24(30)22(17-7-4-3-5-8-17)25-23(29)20-16-21(32-26-20)18-9-6-10-19(15-18)31-2/h3-10,15-16,22H,11-14H2,1-2H3,(H,25,29). The maximum Gasteiger partial charge on any atom is 0.274 e. The molecule has 1 aliphatic heterocycles. The zero-order valence-corrected chi connectivity index (χ0v) is 18.2. The Morgan fingerprint density at radius 2 is 1.78 bits per heavy atom. The zero-order chi connectivity index (χ0) is 22.5. The SMILES string of the molecule is COc1cccc(-c2cc(C(=O)NC(C(=O)N3CCN(C)CC3)c3ccccc3)no2)c1. The second kappa shape index (κ2) is 9.65. The highest BCUT2D eigenvalue weighted by Gasteiger charge is 2.30. The van der Waals surface area contributed by atoms with Gasteiger partial charge in [-0.1, -0.05) is 47.6 Å². The maximum absolute atomic E-state index is 13.3. The predicted octanol–water partition coefficient (Wildman–Crippen LogP) is 2.60. The number of likely N-dealkylation sites (N-methyl/N-ethyl adjacent to an activating group) is 1. The summed E-state index contributed by atoms with van der Waals surface area (Å²) in [5, 5.41) is 6.77. The molecular formula is C24H26N4O4. The molecule has 1 aliphatic rings. The quantitative estimate of drug-likeness (QED) is 0.642. The highest BCUT2D eigenvalue weighted by Crippen LogP contribution is 2.25. The third kappa shape index (κ3) is 4.81. The topological polar surface area (TPSA) is 87.9 Å². The van der Waals surface area contributed by atoms with E-state index in [1.807, 2.05) is 55.6 Å². The third-order valence-corrected chi connectivity index (χ3v) is 5.57. The third-order valence-electron chi connectivity index (χ3n) is 5.57. The molecule has 0 radical (unpaired) electrons. The van der Waals surface area contributed by atoms with E-state index in [9.17, 15) is 9.59 Å². The fraction of sp³-hybridized carbons (Fsp3) is 0.292. The number of aromatic nitrogens is 1. The van der Waals surface area contributed by atoms with Gasteiger partial charge in [-0.3, -0.25) is 9.59 Å². The van der Waals surface area contributed by atoms with Crippen LogP contribution in [0.15, 0.2) is 65.2 Å². The molecule has 2 aromatic carbocycles. The van der Waals surface area contributed by atoms with E-state index >= 15 is 0 Å². The lowest BCUT2D eigenvalue weighted by Crippen LogP contribution is -2.51. The summed E-state index contributed by atoms with van der Waals surface area (Å²) in [6.07, 6.45) is 0. The number of hydrogen-bond acceptors (Lipinski definition) is 6. The normalized spacial score (nSPS) is 15.2. The van der Waals surface area contributed by atoms with Gasteiger partial charge >= 0.3 is 0 Å². The van der Waals surface area contributed by atoms with Gasteiger partial charge in [0.25, 0.3) is 5.91 Å². The minimum atomic E-state index is -0.802. The van der Waals surface area contributed by atoms with E-state index in [0.717, 1.165) is 24.2 Å². The summed E-state index contributed by atoms with van der Waals surface area (Å²) < 4.78 is 10.6. The molecule has 3 aromatic rings. The van der Waals surface area contributed by atoms with E-state index in [0.29, 0.717) is 24.6 Å². The first-order valence-electron chi connectivity index (χ1n) is 10.5. The lowest BCUT2D eigenvalue weighted by Gasteiger charge is -2.34. The van der Waals surface area contributed by atoms with Crippen LogP contribution in [0.2, 0.25) is 0 Å². The number of amides is 2. The number of hydrogen-bond donors (Lipinski definition) is 1. The molecule has 1 atom stereocenters. The van der Waals surface area contributed by atoms with E-state index < -0.39 is 11.9 Å². The van der Waals surface area contributed by atoms with E-state index in [2.05, 4.69) is 15.4 Å². The molecule has 2 heterocycles. The number of carbonyl (C=O) groups excluding carboxylic acids is 2. The summed E-state index contributed by atoms with van der Waals surface area (Å²) in [7, 11) is 3.61. The van der Waals surface area contributed by atoms with Crippen molar-refractivity contribution in [2.45, 2.75) is 6.04 Å². The number of nitrogens with one attached hydrogen (secondary N) is 1. The van der Waals surface area contributed by atoms with E-state index in [1.54, 1.807) is 24.1 Å². The van der Waals surface area contributed by atoms with Crippen molar-refractivity contribution >= 4 is 11.8 Å². The molecule has 1 fully saturated rings. The number of carbonyl (C=O) groups is 2. The van der Waals surface area contributed by atoms with Gasteiger partial charge in [-0.2, -0.15) is 0 Å². The zero-order valence-electron chi connectivity index (χ0n) is 18.2. The Balaban J connectivity index is 1.54. The molecule has 1 aromatic heterocycles. The summed E-state index contributed by atoms with van der Waals surface area (Å²) in [4.78, 5) is 30.3. The Bertz CT molecular complexity index is 1070. The molecule has 32 heavy (non-hydrogen) atoms. The minimum absolute atomic E-state index is 0.106. The van der Waals surface area contributed by atoms with Crippen molar-refractivity contribution in [1.82, 2.24) is 20.3 Å². The van der Waals surface area contributed by atoms with Crippen LogP contribution in [0.3, 0.4) is 0 Å². The van der Waals surface area contributed by atoms with E-state index in [-0.39, 0.29) is 11.6 Å². The van der Waals surface area contributed by atoms with Crippen molar-refractivity contribution in [2.24, 2.45) is 0 Å². The molecule has 8 heteroatoms. The van der Waals surface area contributed by atoms with Crippen molar-refractivity contribution in [2.75, 3.05) is 40.3 Å². The van der Waals surface area contributed by atoms with E-state index in [4.69, 9.17) is 9.26 Å². The average molecular weight is 434 g/mol. The van der Waals surface area contributed by atoms with Crippen LogP contribution in [0.5, 0.6) is 5.75 Å². The van der Waals surface area contributed by atoms with Gasteiger partial charge in [0.05, 0.1) is 7.11 Å². The smallest absolute Gasteiger partial charge is 0.274 e. The molecule has 0 spiro atoms. The first-order chi connectivity index (χ1) is 15.5. The minimum Gasteiger partial charge on any atom is -0.497 e. The van der Waals surface area contributed by atoms with Gasteiger partial charge in [-0.15, -0.1) is 0 Å². The van der Waals surface area contributed by atoms with Gasteiger partial charge in [0.1, 0.15) is 11.8 Å². The van der Waals surface area contributed by atoms with Crippen molar-refractivity contribution in [3.63, 3.8) is 0 Å². The van der Waals surface area contributed by atoms with Crippen molar-refractivity contribution < 1.29 is 18.8 Å². The molecule has 1 unspecified atom stereocenters. The summed E-state index contributed by atoms with van der Waals surface area (Å²) in [6, 6.07) is 17.3. The van der Waals surface area contributed by atoms with Crippen molar-refractivity contribution in [3.05, 3.63) is 71.9 Å². The first-order valence-corrected chi connectivity index (χ1v) is 10.5. The van der Waals surface area contributed by atoms with Crippen molar-refractivity contribution in [1.29, 1.82) is 0 Å². The number of benzene rings is 2. The summed E-state index contributed by atoms with van der Waals surface area (Å²) in [5.41, 5.74) is 1.57. The van der Waals surface area contributed by atoms with Crippen LogP contribution in [0.25, 0.3) is 11.3 Å². The molecule has 0 bridgehead atoms. The fourth-order valence-corrected chi connectivity index (χ4v) is 3.64. The Hall–Kier alpha value is -3.65. The van der Waals surface area contributed by atoms with Gasteiger partial charge in [0.2, 0.25) is 5.91 Å². The molecule has 8 nitrogen and oxygen atoms in total. The van der Waals surface area contributed by atoms with Crippen LogP contribution in [0, 0.1) is 0 Å². The lowest BCUT2D eigenvalue weighted by atomic mass is 10.0. The number of piperazine rings is 1. The van der Waals surface area contributed by atoms with Gasteiger partial charge in [0, 0.05) is 37.8 Å². The Morgan fingerprint density at radius 1 is 1.03 bits per heavy atom. The molecule has 166 valence electrons. The van der Waals surface area contributed by atoms with Crippen molar-refractivity contribution in [3.8, 4) is 17.1 Å². The highest BCUT2D eigenvalue weighted by atomic mass is 16.5. The van der Waals surface area contributed by atoms with E-state index in [1.165, 1.54) is 0 Å². The van der Waals surface area contributed by atoms with Crippen LogP contribution in [-0.2, 0) is 4.79 Å². The molecule has 1 saturated heterocycles. The maximum atomic E-state index is 13.3. The summed E-state index contributed by atoms with van der Waals surface area (Å²) in [6.45, 7) is 2.85. The largest absolute Gasteiger partial charge is 0.497 e. The van der Waals surface area contributed by atoms with Crippen LogP contribution in [-0.4, -0.2) is 67.1 Å². The van der Waals surface area contributed by atoms with Crippen LogP contribution in [0.1, 0.15) is 22.1 Å². The number of methoxy groups -OCH3 is 1. The molecule has 0 aliphatic carbocycles. The number of nitrogens with zero attached hydrogens (tertiary/aromatic N) is 3. The monoisotopic (exact) mass is 434 g/mol. The van der Waals surface area contributed by atoms with Crippen LogP contribution in [0.4, 0.5) is 0 Å².